The normalized spacial score (nSPS) is 14.6. The molecule has 0 unspecified atom stereocenters. The summed E-state index contributed by atoms with van der Waals surface area (Å²) in [6.07, 6.45) is 2.26. The van der Waals surface area contributed by atoms with Gasteiger partial charge in [-0.05, 0) is 43.9 Å². The van der Waals surface area contributed by atoms with Crippen LogP contribution in [0.4, 0.5) is 10.1 Å². The number of carbonyl (C=O) groups excluding carboxylic acids is 1. The third-order valence-electron chi connectivity index (χ3n) is 4.98. The molecule has 0 atom stereocenters. The summed E-state index contributed by atoms with van der Waals surface area (Å²) < 4.78 is 13.4. The lowest BCUT2D eigenvalue weighted by Gasteiger charge is -2.33. The summed E-state index contributed by atoms with van der Waals surface area (Å²) in [7, 11) is 0. The molecule has 1 aromatic heterocycles. The van der Waals surface area contributed by atoms with E-state index in [-0.39, 0.29) is 23.0 Å². The van der Waals surface area contributed by atoms with Crippen molar-refractivity contribution in [3.8, 4) is 5.75 Å². The number of amides is 1. The lowest BCUT2D eigenvalue weighted by molar-refractivity contribution is -0.135. The fourth-order valence-electron chi connectivity index (χ4n) is 3.44. The van der Waals surface area contributed by atoms with Crippen molar-refractivity contribution >= 4 is 17.6 Å². The minimum absolute atomic E-state index is 0.217. The number of carbonyl (C=O) groups is 2. The minimum Gasteiger partial charge on any atom is -0.504 e. The first-order chi connectivity index (χ1) is 13.8. The summed E-state index contributed by atoms with van der Waals surface area (Å²) in [5, 5.41) is 21.0. The molecular weight excluding hydrogens is 379 g/mol. The number of aliphatic carboxylic acids is 1. The number of aromatic nitrogens is 2. The fourth-order valence-corrected chi connectivity index (χ4v) is 3.44. The molecule has 3 N–H and O–H groups in total. The Morgan fingerprint density at radius 1 is 1.28 bits per heavy atom. The maximum atomic E-state index is 13.4. The van der Waals surface area contributed by atoms with Gasteiger partial charge < -0.3 is 20.4 Å². The Morgan fingerprint density at radius 3 is 2.66 bits per heavy atom. The summed E-state index contributed by atoms with van der Waals surface area (Å²) in [4.78, 5) is 33.3. The van der Waals surface area contributed by atoms with Crippen molar-refractivity contribution in [2.45, 2.75) is 26.2 Å². The highest BCUT2D eigenvalue weighted by Crippen LogP contribution is 2.26. The van der Waals surface area contributed by atoms with E-state index in [0.29, 0.717) is 18.2 Å². The second-order valence-electron chi connectivity index (χ2n) is 7.11. The summed E-state index contributed by atoms with van der Waals surface area (Å²) in [6.45, 7) is 2.56. The Morgan fingerprint density at radius 2 is 2.00 bits per heavy atom. The predicted molar refractivity (Wildman–Crippen MR) is 103 cm³/mol. The molecule has 0 spiro atoms. The van der Waals surface area contributed by atoms with Crippen LogP contribution in [-0.2, 0) is 11.2 Å². The van der Waals surface area contributed by atoms with E-state index in [9.17, 15) is 19.1 Å². The Bertz CT molecular complexity index is 913. The second kappa shape index (κ2) is 8.85. The number of hydrogen-bond acceptors (Lipinski definition) is 6. The average molecular weight is 402 g/mol. The van der Waals surface area contributed by atoms with Crippen molar-refractivity contribution < 1.29 is 24.2 Å². The first-order valence-electron chi connectivity index (χ1n) is 9.40. The third-order valence-corrected chi connectivity index (χ3v) is 4.98. The maximum absolute atomic E-state index is 13.4. The number of halogens is 1. The van der Waals surface area contributed by atoms with E-state index in [4.69, 9.17) is 5.11 Å². The highest BCUT2D eigenvalue weighted by Gasteiger charge is 2.23. The summed E-state index contributed by atoms with van der Waals surface area (Å²) >= 11 is 0. The molecule has 9 heteroatoms. The number of carboxylic acid groups (broad SMARTS) is 1. The fraction of sp³-hybridized carbons (Fsp3) is 0.400. The van der Waals surface area contributed by atoms with Crippen LogP contribution >= 0.6 is 0 Å². The van der Waals surface area contributed by atoms with Gasteiger partial charge >= 0.3 is 5.97 Å². The number of anilines is 1. The molecule has 29 heavy (non-hydrogen) atoms. The molecule has 0 aliphatic carbocycles. The number of aryl methyl sites for hydroxylation is 1. The summed E-state index contributed by atoms with van der Waals surface area (Å²) in [6, 6.07) is 6.53. The second-order valence-corrected chi connectivity index (χ2v) is 7.11. The first-order valence-corrected chi connectivity index (χ1v) is 9.40. The molecule has 1 fully saturated rings. The van der Waals surface area contributed by atoms with E-state index in [2.05, 4.69) is 20.2 Å². The van der Waals surface area contributed by atoms with Gasteiger partial charge in [-0.3, -0.25) is 9.59 Å². The van der Waals surface area contributed by atoms with Crippen LogP contribution in [0.3, 0.4) is 0 Å². The molecule has 8 nitrogen and oxygen atoms in total. The molecule has 1 aromatic carbocycles. The van der Waals surface area contributed by atoms with Gasteiger partial charge in [-0.2, -0.15) is 0 Å². The Balaban J connectivity index is 1.65. The highest BCUT2D eigenvalue weighted by atomic mass is 19.1. The molecule has 0 bridgehead atoms. The van der Waals surface area contributed by atoms with E-state index in [1.165, 1.54) is 12.1 Å². The number of rotatable bonds is 6. The van der Waals surface area contributed by atoms with Gasteiger partial charge in [0.1, 0.15) is 18.2 Å². The molecule has 0 saturated carbocycles. The van der Waals surface area contributed by atoms with Crippen molar-refractivity contribution in [3.63, 3.8) is 0 Å². The molecule has 1 saturated heterocycles. The number of hydrogen-bond donors (Lipinski definition) is 3. The number of nitrogens with one attached hydrogen (secondary N) is 1. The van der Waals surface area contributed by atoms with Crippen LogP contribution in [0.1, 0.15) is 34.8 Å². The zero-order chi connectivity index (χ0) is 21.0. The van der Waals surface area contributed by atoms with Crippen molar-refractivity contribution in [2.75, 3.05) is 24.5 Å². The van der Waals surface area contributed by atoms with Crippen LogP contribution < -0.4 is 10.2 Å². The molecule has 1 aliphatic heterocycles. The summed E-state index contributed by atoms with van der Waals surface area (Å²) in [5.74, 6) is -1.82. The van der Waals surface area contributed by atoms with Gasteiger partial charge in [-0.25, -0.2) is 14.4 Å². The van der Waals surface area contributed by atoms with Crippen LogP contribution in [0.5, 0.6) is 5.75 Å². The number of carboxylic acids is 1. The highest BCUT2D eigenvalue weighted by molar-refractivity contribution is 5.96. The molecular formula is C20H23FN4O4. The minimum atomic E-state index is -1.19. The van der Waals surface area contributed by atoms with Gasteiger partial charge in [0.2, 0.25) is 0 Å². The van der Waals surface area contributed by atoms with Crippen molar-refractivity contribution in [2.24, 2.45) is 5.92 Å². The molecule has 0 radical (unpaired) electrons. The molecule has 2 heterocycles. The van der Waals surface area contributed by atoms with Crippen LogP contribution in [0.2, 0.25) is 0 Å². The predicted octanol–water partition coefficient (Wildman–Crippen LogP) is 1.90. The molecule has 3 rings (SSSR count). The van der Waals surface area contributed by atoms with Gasteiger partial charge in [0.25, 0.3) is 5.91 Å². The van der Waals surface area contributed by atoms with Gasteiger partial charge in [0.05, 0.1) is 5.69 Å². The van der Waals surface area contributed by atoms with Gasteiger partial charge in [-0.1, -0.05) is 6.07 Å². The molecule has 2 aromatic rings. The van der Waals surface area contributed by atoms with Crippen LogP contribution in [0.25, 0.3) is 0 Å². The average Bonchev–Trinajstić information content (AvgIpc) is 2.69. The SMILES string of the molecule is Cc1nc(CC2CCN(c3cccc(F)c3)CC2)nc(C(=O)NCC(=O)O)c1O. The quantitative estimate of drug-likeness (QED) is 0.676. The van der Waals surface area contributed by atoms with Gasteiger partial charge in [0.15, 0.2) is 11.4 Å². The Hall–Kier alpha value is -3.23. The monoisotopic (exact) mass is 402 g/mol. The zero-order valence-electron chi connectivity index (χ0n) is 16.1. The van der Waals surface area contributed by atoms with Gasteiger partial charge in [-0.15, -0.1) is 0 Å². The number of piperidine rings is 1. The van der Waals surface area contributed by atoms with Crippen LogP contribution in [-0.4, -0.2) is 51.7 Å². The number of nitrogens with zero attached hydrogens (tertiary/aromatic N) is 3. The molecule has 1 amide bonds. The van der Waals surface area contributed by atoms with E-state index < -0.39 is 18.4 Å². The van der Waals surface area contributed by atoms with Crippen molar-refractivity contribution in [3.05, 3.63) is 47.3 Å². The standard InChI is InChI=1S/C20H23FN4O4/c1-12-19(28)18(20(29)22-11-17(26)27)24-16(23-12)9-13-5-7-25(8-6-13)15-4-2-3-14(21)10-15/h2-4,10,13,28H,5-9,11H2,1H3,(H,22,29)(H,26,27). The molecule has 1 aliphatic rings. The van der Waals surface area contributed by atoms with Crippen molar-refractivity contribution in [1.29, 1.82) is 0 Å². The van der Waals surface area contributed by atoms with E-state index >= 15 is 0 Å². The number of benzene rings is 1. The van der Waals surface area contributed by atoms with Gasteiger partial charge in [0, 0.05) is 25.2 Å². The lowest BCUT2D eigenvalue weighted by Crippen LogP contribution is -2.34. The maximum Gasteiger partial charge on any atom is 0.322 e. The molecule has 154 valence electrons. The number of aromatic hydroxyl groups is 1. The topological polar surface area (TPSA) is 116 Å². The lowest BCUT2D eigenvalue weighted by atomic mass is 9.93. The largest absolute Gasteiger partial charge is 0.504 e. The Labute approximate surface area is 167 Å². The van der Waals surface area contributed by atoms with E-state index in [1.54, 1.807) is 13.0 Å². The zero-order valence-corrected chi connectivity index (χ0v) is 16.1. The van der Waals surface area contributed by atoms with Crippen LogP contribution in [0, 0.1) is 18.7 Å². The smallest absolute Gasteiger partial charge is 0.322 e. The summed E-state index contributed by atoms with van der Waals surface area (Å²) in [5.41, 5.74) is 0.913. The first kappa shape index (κ1) is 20.5. The Kier molecular flexibility index (Phi) is 6.26. The van der Waals surface area contributed by atoms with E-state index in [0.717, 1.165) is 31.6 Å². The third kappa shape index (κ3) is 5.18. The van der Waals surface area contributed by atoms with Crippen LogP contribution in [0.15, 0.2) is 24.3 Å². The van der Waals surface area contributed by atoms with Crippen molar-refractivity contribution in [1.82, 2.24) is 15.3 Å². The van der Waals surface area contributed by atoms with E-state index in [1.807, 2.05) is 6.07 Å².